The summed E-state index contributed by atoms with van der Waals surface area (Å²) < 4.78 is 32.4. The normalized spacial score (nSPS) is 17.7. The molecule has 0 aromatic heterocycles. The maximum Gasteiger partial charge on any atom is 0.326 e. The van der Waals surface area contributed by atoms with E-state index in [9.17, 15) is 23.1 Å². The van der Waals surface area contributed by atoms with Crippen LogP contribution in [-0.2, 0) is 26.0 Å². The first-order valence-corrected chi connectivity index (χ1v) is 12.0. The lowest BCUT2D eigenvalue weighted by molar-refractivity contribution is -0.142. The van der Waals surface area contributed by atoms with Gasteiger partial charge >= 0.3 is 5.97 Å². The fraction of sp³-hybridized carbons (Fsp3) is 0.333. The second-order valence-corrected chi connectivity index (χ2v) is 10.1. The highest BCUT2D eigenvalue weighted by molar-refractivity contribution is 7.89. The average molecular weight is 501 g/mol. The summed E-state index contributed by atoms with van der Waals surface area (Å²) >= 11 is 11.9. The molecule has 1 aliphatic rings. The van der Waals surface area contributed by atoms with Gasteiger partial charge in [-0.2, -0.15) is 4.31 Å². The molecule has 1 amide bonds. The first-order chi connectivity index (χ1) is 15.1. The zero-order chi connectivity index (χ0) is 23.5. The van der Waals surface area contributed by atoms with Crippen molar-refractivity contribution < 1.29 is 27.9 Å². The number of sulfonamides is 1. The van der Waals surface area contributed by atoms with Crippen molar-refractivity contribution in [3.63, 3.8) is 0 Å². The Bertz CT molecular complexity index is 1090. The van der Waals surface area contributed by atoms with Gasteiger partial charge in [-0.25, -0.2) is 13.2 Å². The summed E-state index contributed by atoms with van der Waals surface area (Å²) in [5, 5.41) is 12.4. The van der Waals surface area contributed by atoms with Crippen LogP contribution >= 0.6 is 23.2 Å². The zero-order valence-electron chi connectivity index (χ0n) is 17.1. The molecule has 2 aromatic rings. The number of ether oxygens (including phenoxy) is 1. The van der Waals surface area contributed by atoms with E-state index in [2.05, 4.69) is 5.32 Å². The van der Waals surface area contributed by atoms with Crippen LogP contribution in [0.15, 0.2) is 47.4 Å². The number of aliphatic carboxylic acids is 1. The van der Waals surface area contributed by atoms with E-state index in [1.807, 2.05) is 0 Å². The lowest BCUT2D eigenvalue weighted by Gasteiger charge is -2.25. The number of carbonyl (C=O) groups is 2. The third-order valence-electron chi connectivity index (χ3n) is 5.16. The fourth-order valence-corrected chi connectivity index (χ4v) is 5.95. The number of carboxylic acids is 1. The number of rotatable bonds is 8. The molecule has 2 atom stereocenters. The van der Waals surface area contributed by atoms with Crippen LogP contribution in [0.5, 0.6) is 5.75 Å². The second kappa shape index (κ2) is 10.1. The van der Waals surface area contributed by atoms with Crippen molar-refractivity contribution in [3.8, 4) is 5.75 Å². The lowest BCUT2D eigenvalue weighted by Crippen LogP contribution is -2.51. The Morgan fingerprint density at radius 1 is 1.19 bits per heavy atom. The zero-order valence-corrected chi connectivity index (χ0v) is 19.5. The molecule has 0 bridgehead atoms. The van der Waals surface area contributed by atoms with Crippen LogP contribution in [0.25, 0.3) is 0 Å². The van der Waals surface area contributed by atoms with Crippen molar-refractivity contribution in [3.05, 3.63) is 58.1 Å². The molecule has 172 valence electrons. The molecule has 2 N–H and O–H groups in total. The van der Waals surface area contributed by atoms with Crippen LogP contribution in [-0.4, -0.2) is 55.4 Å². The highest BCUT2D eigenvalue weighted by atomic mass is 35.5. The Balaban J connectivity index is 1.77. The minimum atomic E-state index is -4.06. The molecule has 2 aromatic carbocycles. The maximum absolute atomic E-state index is 13.1. The number of hydrogen-bond acceptors (Lipinski definition) is 5. The van der Waals surface area contributed by atoms with E-state index in [0.29, 0.717) is 17.7 Å². The van der Waals surface area contributed by atoms with Crippen LogP contribution in [0.2, 0.25) is 10.0 Å². The summed E-state index contributed by atoms with van der Waals surface area (Å²) in [6, 6.07) is 8.48. The van der Waals surface area contributed by atoms with Crippen LogP contribution in [0.4, 0.5) is 0 Å². The number of benzene rings is 2. The van der Waals surface area contributed by atoms with E-state index >= 15 is 0 Å². The van der Waals surface area contributed by atoms with Crippen molar-refractivity contribution >= 4 is 45.1 Å². The molecule has 8 nitrogen and oxygen atoms in total. The van der Waals surface area contributed by atoms with E-state index in [1.54, 1.807) is 24.3 Å². The molecule has 0 aliphatic carbocycles. The number of nitrogens with zero attached hydrogens (tertiary/aromatic N) is 1. The molecule has 1 aliphatic heterocycles. The Labute approximate surface area is 196 Å². The standard InChI is InChI=1S/C21H22Cl2N2O6S/c1-31-16-6-4-13(5-7-16)9-18(21(27)28)24-20(26)19-3-2-8-25(19)32(29,30)17-11-14(22)10-15(23)12-17/h4-7,10-12,18-19H,2-3,8-9H2,1H3,(H,24,26)(H,27,28)/t18-,19-/m0/s1. The number of methoxy groups -OCH3 is 1. The molecular formula is C21H22Cl2N2O6S. The van der Waals surface area contributed by atoms with Crippen LogP contribution < -0.4 is 10.1 Å². The number of halogens is 2. The van der Waals surface area contributed by atoms with Crippen molar-refractivity contribution in [2.75, 3.05) is 13.7 Å². The van der Waals surface area contributed by atoms with Crippen molar-refractivity contribution in [1.82, 2.24) is 9.62 Å². The predicted octanol–water partition coefficient (Wildman–Crippen LogP) is 2.97. The quantitative estimate of drug-likeness (QED) is 0.575. The Morgan fingerprint density at radius 3 is 2.38 bits per heavy atom. The molecule has 0 saturated carbocycles. The molecule has 11 heteroatoms. The second-order valence-electron chi connectivity index (χ2n) is 7.33. The topological polar surface area (TPSA) is 113 Å². The summed E-state index contributed by atoms with van der Waals surface area (Å²) in [4.78, 5) is 24.5. The Kier molecular flexibility index (Phi) is 7.66. The number of carbonyl (C=O) groups excluding carboxylic acids is 1. The molecule has 3 rings (SSSR count). The maximum atomic E-state index is 13.1. The summed E-state index contributed by atoms with van der Waals surface area (Å²) in [6.45, 7) is 0.126. The predicted molar refractivity (Wildman–Crippen MR) is 120 cm³/mol. The van der Waals surface area contributed by atoms with E-state index in [4.69, 9.17) is 27.9 Å². The van der Waals surface area contributed by atoms with Gasteiger partial charge in [-0.1, -0.05) is 35.3 Å². The van der Waals surface area contributed by atoms with Gasteiger partial charge in [0, 0.05) is 23.0 Å². The molecule has 32 heavy (non-hydrogen) atoms. The molecule has 0 unspecified atom stereocenters. The molecular weight excluding hydrogens is 479 g/mol. The molecule has 0 radical (unpaired) electrons. The Hall–Kier alpha value is -2.33. The number of amides is 1. The van der Waals surface area contributed by atoms with Crippen LogP contribution in [0.1, 0.15) is 18.4 Å². The number of carboxylic acid groups (broad SMARTS) is 1. The highest BCUT2D eigenvalue weighted by Crippen LogP contribution is 2.30. The summed E-state index contributed by atoms with van der Waals surface area (Å²) in [6.07, 6.45) is 0.768. The van der Waals surface area contributed by atoms with E-state index in [0.717, 1.165) is 4.31 Å². The minimum absolute atomic E-state index is 0.0361. The first kappa shape index (κ1) is 24.3. The third kappa shape index (κ3) is 5.53. The minimum Gasteiger partial charge on any atom is -0.497 e. The SMILES string of the molecule is COc1ccc(C[C@H](NC(=O)[C@@H]2CCCN2S(=O)(=O)c2cc(Cl)cc(Cl)c2)C(=O)O)cc1. The van der Waals surface area contributed by atoms with E-state index < -0.39 is 34.0 Å². The van der Waals surface area contributed by atoms with Gasteiger partial charge < -0.3 is 15.2 Å². The summed E-state index contributed by atoms with van der Waals surface area (Å²) in [5.74, 6) is -1.26. The molecule has 1 fully saturated rings. The number of nitrogens with one attached hydrogen (secondary N) is 1. The van der Waals surface area contributed by atoms with Gasteiger partial charge in [-0.15, -0.1) is 0 Å². The fourth-order valence-electron chi connectivity index (χ4n) is 3.57. The summed E-state index contributed by atoms with van der Waals surface area (Å²) in [5.41, 5.74) is 0.683. The van der Waals surface area contributed by atoms with Crippen LogP contribution in [0, 0.1) is 0 Å². The van der Waals surface area contributed by atoms with Gasteiger partial charge in [-0.3, -0.25) is 4.79 Å². The summed E-state index contributed by atoms with van der Waals surface area (Å²) in [7, 11) is -2.54. The van der Waals surface area contributed by atoms with E-state index in [-0.39, 0.29) is 34.3 Å². The molecule has 1 heterocycles. The third-order valence-corrected chi connectivity index (χ3v) is 7.48. The van der Waals surface area contributed by atoms with Gasteiger partial charge in [0.2, 0.25) is 15.9 Å². The van der Waals surface area contributed by atoms with Crippen molar-refractivity contribution in [2.45, 2.75) is 36.2 Å². The van der Waals surface area contributed by atoms with Crippen LogP contribution in [0.3, 0.4) is 0 Å². The van der Waals surface area contributed by atoms with Gasteiger partial charge in [0.05, 0.1) is 12.0 Å². The molecule has 0 spiro atoms. The van der Waals surface area contributed by atoms with Gasteiger partial charge in [0.15, 0.2) is 0 Å². The van der Waals surface area contributed by atoms with Gasteiger partial charge in [0.25, 0.3) is 0 Å². The van der Waals surface area contributed by atoms with Crippen molar-refractivity contribution in [2.24, 2.45) is 0 Å². The first-order valence-electron chi connectivity index (χ1n) is 9.76. The smallest absolute Gasteiger partial charge is 0.326 e. The van der Waals surface area contributed by atoms with Gasteiger partial charge in [-0.05, 0) is 48.7 Å². The number of hydrogen-bond donors (Lipinski definition) is 2. The van der Waals surface area contributed by atoms with E-state index in [1.165, 1.54) is 25.3 Å². The monoisotopic (exact) mass is 500 g/mol. The molecule has 1 saturated heterocycles. The van der Waals surface area contributed by atoms with Crippen molar-refractivity contribution in [1.29, 1.82) is 0 Å². The lowest BCUT2D eigenvalue weighted by atomic mass is 10.1. The largest absolute Gasteiger partial charge is 0.497 e. The Morgan fingerprint density at radius 2 is 1.81 bits per heavy atom. The average Bonchev–Trinajstić information content (AvgIpc) is 3.24. The van der Waals surface area contributed by atoms with Gasteiger partial charge in [0.1, 0.15) is 17.8 Å². The highest BCUT2D eigenvalue weighted by Gasteiger charge is 2.40.